The lowest BCUT2D eigenvalue weighted by Gasteiger charge is -2.07. The normalized spacial score (nSPS) is 11.2. The number of rotatable bonds is 6. The Hall–Kier alpha value is -2.82. The minimum absolute atomic E-state index is 0.0371. The van der Waals surface area contributed by atoms with Crippen LogP contribution in [0.3, 0.4) is 0 Å². The monoisotopic (exact) mass is 382 g/mol. The van der Waals surface area contributed by atoms with Gasteiger partial charge in [-0.15, -0.1) is 0 Å². The van der Waals surface area contributed by atoms with Gasteiger partial charge in [0.05, 0.1) is 18.7 Å². The van der Waals surface area contributed by atoms with Crippen molar-refractivity contribution in [1.29, 1.82) is 0 Å². The highest BCUT2D eigenvalue weighted by atomic mass is 35.5. The lowest BCUT2D eigenvalue weighted by atomic mass is 10.0. The fraction of sp³-hybridized carbons (Fsp3) is 0.136. The molecule has 4 nitrogen and oxygen atoms in total. The van der Waals surface area contributed by atoms with Crippen molar-refractivity contribution in [2.24, 2.45) is 0 Å². The number of allylic oxidation sites excluding steroid dienone is 1. The number of ketones is 1. The third kappa shape index (κ3) is 4.30. The molecule has 138 valence electrons. The second-order valence-corrected chi connectivity index (χ2v) is 6.46. The van der Waals surface area contributed by atoms with Crippen LogP contribution in [0.1, 0.15) is 21.5 Å². The standard InChI is InChI=1S/C22H19ClO4/c1-26-13-15-10-19(22(23)21(25)11-15)20(24)8-4-14-3-5-17-12-18(27-2)7-6-16(17)9-14/h3-12,25H,13H2,1-2H3/b8-4+. The maximum Gasteiger partial charge on any atom is 0.187 e. The van der Waals surface area contributed by atoms with Crippen LogP contribution >= 0.6 is 11.6 Å². The lowest BCUT2D eigenvalue weighted by Crippen LogP contribution is -1.99. The van der Waals surface area contributed by atoms with Crippen LogP contribution in [-0.4, -0.2) is 25.1 Å². The van der Waals surface area contributed by atoms with Gasteiger partial charge in [0.1, 0.15) is 11.5 Å². The number of carbonyl (C=O) groups excluding carboxylic acids is 1. The molecule has 3 aromatic rings. The van der Waals surface area contributed by atoms with Gasteiger partial charge < -0.3 is 14.6 Å². The number of aromatic hydroxyl groups is 1. The largest absolute Gasteiger partial charge is 0.506 e. The molecule has 0 saturated carbocycles. The van der Waals surface area contributed by atoms with Gasteiger partial charge in [0.25, 0.3) is 0 Å². The number of benzene rings is 3. The zero-order chi connectivity index (χ0) is 19.4. The summed E-state index contributed by atoms with van der Waals surface area (Å²) in [6, 6.07) is 14.8. The molecule has 27 heavy (non-hydrogen) atoms. The van der Waals surface area contributed by atoms with E-state index in [9.17, 15) is 9.90 Å². The number of hydrogen-bond acceptors (Lipinski definition) is 4. The number of carbonyl (C=O) groups is 1. The molecule has 0 bridgehead atoms. The summed E-state index contributed by atoms with van der Waals surface area (Å²) in [6.45, 7) is 0.281. The van der Waals surface area contributed by atoms with Gasteiger partial charge in [-0.2, -0.15) is 0 Å². The molecule has 0 atom stereocenters. The van der Waals surface area contributed by atoms with E-state index in [4.69, 9.17) is 21.1 Å². The number of halogens is 1. The van der Waals surface area contributed by atoms with Crippen molar-refractivity contribution in [2.75, 3.05) is 14.2 Å². The van der Waals surface area contributed by atoms with Crippen molar-refractivity contribution in [3.8, 4) is 11.5 Å². The number of methoxy groups -OCH3 is 2. The molecular formula is C22H19ClO4. The Balaban J connectivity index is 1.87. The first kappa shape index (κ1) is 19.0. The Morgan fingerprint density at radius 2 is 1.81 bits per heavy atom. The molecule has 0 aromatic heterocycles. The third-order valence-corrected chi connectivity index (χ3v) is 4.59. The van der Waals surface area contributed by atoms with Gasteiger partial charge in [0.2, 0.25) is 0 Å². The van der Waals surface area contributed by atoms with Crippen LogP contribution < -0.4 is 4.74 Å². The highest BCUT2D eigenvalue weighted by Gasteiger charge is 2.13. The molecule has 5 heteroatoms. The van der Waals surface area contributed by atoms with Crippen molar-refractivity contribution in [3.63, 3.8) is 0 Å². The van der Waals surface area contributed by atoms with E-state index in [1.54, 1.807) is 26.4 Å². The molecule has 0 saturated heterocycles. The number of ether oxygens (including phenoxy) is 2. The zero-order valence-corrected chi connectivity index (χ0v) is 15.8. The maximum absolute atomic E-state index is 12.6. The number of hydrogen-bond donors (Lipinski definition) is 1. The van der Waals surface area contributed by atoms with Crippen molar-refractivity contribution < 1.29 is 19.4 Å². The van der Waals surface area contributed by atoms with E-state index in [0.717, 1.165) is 22.1 Å². The molecule has 0 aliphatic rings. The number of phenolic OH excluding ortho intramolecular Hbond substituents is 1. The van der Waals surface area contributed by atoms with Crippen LogP contribution in [-0.2, 0) is 11.3 Å². The van der Waals surface area contributed by atoms with Crippen LogP contribution in [0.15, 0.2) is 54.6 Å². The highest BCUT2D eigenvalue weighted by molar-refractivity contribution is 6.36. The summed E-state index contributed by atoms with van der Waals surface area (Å²) in [7, 11) is 3.18. The zero-order valence-electron chi connectivity index (χ0n) is 15.0. The molecule has 0 fully saturated rings. The SMILES string of the molecule is COCc1cc(O)c(Cl)c(C(=O)/C=C/c2ccc3cc(OC)ccc3c2)c1. The topological polar surface area (TPSA) is 55.8 Å². The van der Waals surface area contributed by atoms with Crippen LogP contribution in [0.4, 0.5) is 0 Å². The molecule has 3 rings (SSSR count). The molecule has 0 radical (unpaired) electrons. The van der Waals surface area contributed by atoms with E-state index >= 15 is 0 Å². The summed E-state index contributed by atoms with van der Waals surface area (Å²) < 4.78 is 10.3. The van der Waals surface area contributed by atoms with Crippen LogP contribution in [0.5, 0.6) is 11.5 Å². The van der Waals surface area contributed by atoms with E-state index in [1.165, 1.54) is 12.1 Å². The molecule has 0 aliphatic heterocycles. The lowest BCUT2D eigenvalue weighted by molar-refractivity contribution is 0.104. The first-order chi connectivity index (χ1) is 13.0. The van der Waals surface area contributed by atoms with Gasteiger partial charge in [0.15, 0.2) is 5.78 Å². The Morgan fingerprint density at radius 1 is 1.07 bits per heavy atom. The summed E-state index contributed by atoms with van der Waals surface area (Å²) >= 11 is 6.09. The average Bonchev–Trinajstić information content (AvgIpc) is 2.68. The van der Waals surface area contributed by atoms with Crippen LogP contribution in [0, 0.1) is 0 Å². The molecular weight excluding hydrogens is 364 g/mol. The summed E-state index contributed by atoms with van der Waals surface area (Å²) in [5.41, 5.74) is 1.80. The Morgan fingerprint density at radius 3 is 2.56 bits per heavy atom. The molecule has 0 spiro atoms. The fourth-order valence-electron chi connectivity index (χ4n) is 2.83. The van der Waals surface area contributed by atoms with Crippen molar-refractivity contribution >= 4 is 34.2 Å². The smallest absolute Gasteiger partial charge is 0.187 e. The van der Waals surface area contributed by atoms with Crippen molar-refractivity contribution in [2.45, 2.75) is 6.61 Å². The van der Waals surface area contributed by atoms with E-state index in [0.29, 0.717) is 5.56 Å². The quantitative estimate of drug-likeness (QED) is 0.467. The first-order valence-corrected chi connectivity index (χ1v) is 8.70. The van der Waals surface area contributed by atoms with Gasteiger partial charge in [-0.3, -0.25) is 4.79 Å². The average molecular weight is 383 g/mol. The second kappa shape index (κ2) is 8.25. The predicted molar refractivity (Wildman–Crippen MR) is 108 cm³/mol. The van der Waals surface area contributed by atoms with Gasteiger partial charge in [-0.25, -0.2) is 0 Å². The molecule has 0 aliphatic carbocycles. The van der Waals surface area contributed by atoms with Gasteiger partial charge >= 0.3 is 0 Å². The second-order valence-electron chi connectivity index (χ2n) is 6.08. The van der Waals surface area contributed by atoms with Crippen LogP contribution in [0.25, 0.3) is 16.8 Å². The summed E-state index contributed by atoms with van der Waals surface area (Å²) in [5, 5.41) is 12.1. The maximum atomic E-state index is 12.6. The van der Waals surface area contributed by atoms with Gasteiger partial charge in [0, 0.05) is 12.7 Å². The molecule has 3 aromatic carbocycles. The summed E-state index contributed by atoms with van der Waals surface area (Å²) in [6.07, 6.45) is 3.17. The van der Waals surface area contributed by atoms with Crippen LogP contribution in [0.2, 0.25) is 5.02 Å². The van der Waals surface area contributed by atoms with E-state index in [2.05, 4.69) is 0 Å². The van der Waals surface area contributed by atoms with Crippen molar-refractivity contribution in [3.05, 3.63) is 76.3 Å². The number of fused-ring (bicyclic) bond motifs is 1. The van der Waals surface area contributed by atoms with Gasteiger partial charge in [-0.05, 0) is 58.3 Å². The van der Waals surface area contributed by atoms with Crippen molar-refractivity contribution in [1.82, 2.24) is 0 Å². The van der Waals surface area contributed by atoms with E-state index < -0.39 is 0 Å². The van der Waals surface area contributed by atoms with Gasteiger partial charge in [-0.1, -0.05) is 35.9 Å². The molecule has 0 amide bonds. The number of phenols is 1. The van der Waals surface area contributed by atoms with E-state index in [1.807, 2.05) is 36.4 Å². The Kier molecular flexibility index (Phi) is 5.79. The Bertz CT molecular complexity index is 1020. The summed E-state index contributed by atoms with van der Waals surface area (Å²) in [5.74, 6) is 0.372. The predicted octanol–water partition coefficient (Wildman–Crippen LogP) is 5.25. The first-order valence-electron chi connectivity index (χ1n) is 8.32. The summed E-state index contributed by atoms with van der Waals surface area (Å²) in [4.78, 5) is 12.6. The van der Waals surface area contributed by atoms with E-state index in [-0.39, 0.29) is 28.7 Å². The molecule has 1 N–H and O–H groups in total. The third-order valence-electron chi connectivity index (χ3n) is 4.19. The molecule has 0 unspecified atom stereocenters. The minimum Gasteiger partial charge on any atom is -0.506 e. The highest BCUT2D eigenvalue weighted by Crippen LogP contribution is 2.30. The minimum atomic E-state index is -0.289. The molecule has 0 heterocycles. The Labute approximate surface area is 162 Å². The fourth-order valence-corrected chi connectivity index (χ4v) is 3.03.